The molecule has 2 heterocycles. The number of nitrogens with zero attached hydrogens (tertiary/aromatic N) is 2. The summed E-state index contributed by atoms with van der Waals surface area (Å²) >= 11 is 3.50. The minimum absolute atomic E-state index is 0.542. The molecule has 112 valence electrons. The smallest absolute Gasteiger partial charge is 0.191 e. The number of nitrogens with one attached hydrogen (secondary N) is 2. The van der Waals surface area contributed by atoms with Crippen LogP contribution in [-0.2, 0) is 6.54 Å². The van der Waals surface area contributed by atoms with Crippen LogP contribution in [0.1, 0.15) is 22.0 Å². The van der Waals surface area contributed by atoms with Gasteiger partial charge < -0.3 is 15.7 Å². The van der Waals surface area contributed by atoms with Crippen molar-refractivity contribution in [3.8, 4) is 0 Å². The van der Waals surface area contributed by atoms with Gasteiger partial charge in [0.1, 0.15) is 0 Å². The van der Waals surface area contributed by atoms with Crippen LogP contribution in [0.3, 0.4) is 0 Å². The van der Waals surface area contributed by atoms with Crippen LogP contribution in [0, 0.1) is 13.8 Å². The number of hydrogen-bond acceptors (Lipinski definition) is 5. The zero-order chi connectivity index (χ0) is 14.6. The summed E-state index contributed by atoms with van der Waals surface area (Å²) in [5, 5.41) is 17.9. The van der Waals surface area contributed by atoms with Crippen molar-refractivity contribution in [3.63, 3.8) is 0 Å². The van der Waals surface area contributed by atoms with Crippen molar-refractivity contribution < 1.29 is 5.11 Å². The van der Waals surface area contributed by atoms with E-state index in [2.05, 4.69) is 20.6 Å². The highest BCUT2D eigenvalue weighted by molar-refractivity contribution is 7.99. The van der Waals surface area contributed by atoms with E-state index in [9.17, 15) is 5.11 Å². The number of aryl methyl sites for hydroxylation is 2. The fraction of sp³-hybridized carbons (Fsp3) is 0.692. The second-order valence-electron chi connectivity index (χ2n) is 5.05. The van der Waals surface area contributed by atoms with Crippen LogP contribution in [0.5, 0.6) is 0 Å². The summed E-state index contributed by atoms with van der Waals surface area (Å²) in [5.74, 6) is 2.55. The summed E-state index contributed by atoms with van der Waals surface area (Å²) in [5.41, 5.74) is 0.473. The maximum atomic E-state index is 10.3. The first-order valence-corrected chi connectivity index (χ1v) is 8.67. The Morgan fingerprint density at radius 3 is 2.80 bits per heavy atom. The molecule has 20 heavy (non-hydrogen) atoms. The molecule has 1 unspecified atom stereocenters. The monoisotopic (exact) mass is 314 g/mol. The SMILES string of the molecule is CN=C(NCc1sc(C)nc1C)NCC1(O)CCSC1. The second kappa shape index (κ2) is 6.78. The zero-order valence-electron chi connectivity index (χ0n) is 12.2. The molecule has 1 aliphatic rings. The lowest BCUT2D eigenvalue weighted by atomic mass is 10.0. The molecule has 0 saturated carbocycles. The molecule has 1 atom stereocenters. The highest BCUT2D eigenvalue weighted by Gasteiger charge is 2.31. The van der Waals surface area contributed by atoms with Gasteiger partial charge in [-0.15, -0.1) is 11.3 Å². The number of aliphatic imine (C=N–C) groups is 1. The molecule has 1 saturated heterocycles. The number of rotatable bonds is 4. The summed E-state index contributed by atoms with van der Waals surface area (Å²) in [6, 6.07) is 0. The number of thiazole rings is 1. The lowest BCUT2D eigenvalue weighted by Gasteiger charge is -2.23. The molecule has 0 radical (unpaired) electrons. The van der Waals surface area contributed by atoms with Crippen LogP contribution >= 0.6 is 23.1 Å². The Hall–Kier alpha value is -0.790. The highest BCUT2D eigenvalue weighted by atomic mass is 32.2. The third kappa shape index (κ3) is 4.10. The Morgan fingerprint density at radius 1 is 1.45 bits per heavy atom. The lowest BCUT2D eigenvalue weighted by molar-refractivity contribution is 0.0724. The van der Waals surface area contributed by atoms with Crippen LogP contribution < -0.4 is 10.6 Å². The van der Waals surface area contributed by atoms with Crippen molar-refractivity contribution in [2.45, 2.75) is 32.4 Å². The summed E-state index contributed by atoms with van der Waals surface area (Å²) in [7, 11) is 1.74. The number of aromatic nitrogens is 1. The fourth-order valence-corrected chi connectivity index (χ4v) is 4.28. The molecule has 1 aromatic heterocycles. The summed E-state index contributed by atoms with van der Waals surface area (Å²) < 4.78 is 0. The molecular formula is C13H22N4OS2. The molecule has 0 bridgehead atoms. The van der Waals surface area contributed by atoms with E-state index in [1.165, 1.54) is 4.88 Å². The first-order chi connectivity index (χ1) is 9.52. The molecule has 5 nitrogen and oxygen atoms in total. The molecule has 7 heteroatoms. The van der Waals surface area contributed by atoms with E-state index >= 15 is 0 Å². The summed E-state index contributed by atoms with van der Waals surface area (Å²) in [6.07, 6.45) is 0.842. The van der Waals surface area contributed by atoms with Gasteiger partial charge in [0.2, 0.25) is 0 Å². The minimum Gasteiger partial charge on any atom is -0.387 e. The van der Waals surface area contributed by atoms with E-state index in [4.69, 9.17) is 0 Å². The predicted molar refractivity (Wildman–Crippen MR) is 86.7 cm³/mol. The molecule has 1 fully saturated rings. The number of hydrogen-bond donors (Lipinski definition) is 3. The van der Waals surface area contributed by atoms with E-state index in [0.717, 1.165) is 34.6 Å². The van der Waals surface area contributed by atoms with Gasteiger partial charge in [0.15, 0.2) is 5.96 Å². The van der Waals surface area contributed by atoms with Crippen molar-refractivity contribution >= 4 is 29.1 Å². The van der Waals surface area contributed by atoms with Crippen molar-refractivity contribution in [2.75, 3.05) is 25.1 Å². The van der Waals surface area contributed by atoms with E-state index in [0.29, 0.717) is 13.1 Å². The average Bonchev–Trinajstić information content (AvgIpc) is 2.97. The van der Waals surface area contributed by atoms with Crippen molar-refractivity contribution in [2.24, 2.45) is 4.99 Å². The molecule has 2 rings (SSSR count). The standard InChI is InChI=1S/C13H22N4OS2/c1-9-11(20-10(2)17-9)6-15-12(14-3)16-7-13(18)4-5-19-8-13/h18H,4-8H2,1-3H3,(H2,14,15,16). The molecule has 1 aromatic rings. The van der Waals surface area contributed by atoms with Gasteiger partial charge >= 0.3 is 0 Å². The van der Waals surface area contributed by atoms with Crippen LogP contribution in [0.2, 0.25) is 0 Å². The third-order valence-electron chi connectivity index (χ3n) is 3.31. The van der Waals surface area contributed by atoms with Gasteiger partial charge in [-0.3, -0.25) is 4.99 Å². The molecular weight excluding hydrogens is 292 g/mol. The molecule has 0 aromatic carbocycles. The number of thioether (sulfide) groups is 1. The first kappa shape index (κ1) is 15.6. The van der Waals surface area contributed by atoms with Crippen LogP contribution in [0.25, 0.3) is 0 Å². The largest absolute Gasteiger partial charge is 0.387 e. The van der Waals surface area contributed by atoms with Gasteiger partial charge in [-0.1, -0.05) is 0 Å². The van der Waals surface area contributed by atoms with Gasteiger partial charge in [0.25, 0.3) is 0 Å². The minimum atomic E-state index is -0.598. The Morgan fingerprint density at radius 2 is 2.25 bits per heavy atom. The molecule has 0 aliphatic carbocycles. The normalized spacial score (nSPS) is 23.1. The van der Waals surface area contributed by atoms with Gasteiger partial charge in [-0.25, -0.2) is 4.98 Å². The number of guanidine groups is 1. The van der Waals surface area contributed by atoms with Crippen LogP contribution in [-0.4, -0.2) is 46.7 Å². The molecule has 0 amide bonds. The number of aliphatic hydroxyl groups is 1. The maximum Gasteiger partial charge on any atom is 0.191 e. The summed E-state index contributed by atoms with van der Waals surface area (Å²) in [6.45, 7) is 5.29. The quantitative estimate of drug-likeness (QED) is 0.577. The van der Waals surface area contributed by atoms with E-state index in [1.54, 1.807) is 30.1 Å². The van der Waals surface area contributed by atoms with E-state index in [-0.39, 0.29) is 0 Å². The Balaban J connectivity index is 1.82. The zero-order valence-corrected chi connectivity index (χ0v) is 13.8. The van der Waals surface area contributed by atoms with E-state index in [1.807, 2.05) is 13.8 Å². The first-order valence-electron chi connectivity index (χ1n) is 6.70. The molecule has 3 N–H and O–H groups in total. The Bertz CT molecular complexity index is 481. The van der Waals surface area contributed by atoms with Crippen molar-refractivity contribution in [1.29, 1.82) is 0 Å². The van der Waals surface area contributed by atoms with E-state index < -0.39 is 5.60 Å². The average molecular weight is 314 g/mol. The highest BCUT2D eigenvalue weighted by Crippen LogP contribution is 2.26. The van der Waals surface area contributed by atoms with Gasteiger partial charge in [0.05, 0.1) is 22.8 Å². The Kier molecular flexibility index (Phi) is 5.29. The van der Waals surface area contributed by atoms with Crippen molar-refractivity contribution in [3.05, 3.63) is 15.6 Å². The maximum absolute atomic E-state index is 10.3. The Labute approximate surface area is 128 Å². The van der Waals surface area contributed by atoms with Crippen LogP contribution in [0.4, 0.5) is 0 Å². The van der Waals surface area contributed by atoms with Gasteiger partial charge in [-0.05, 0) is 26.0 Å². The topological polar surface area (TPSA) is 69.5 Å². The summed E-state index contributed by atoms with van der Waals surface area (Å²) in [4.78, 5) is 9.83. The predicted octanol–water partition coefficient (Wildman–Crippen LogP) is 1.29. The van der Waals surface area contributed by atoms with Gasteiger partial charge in [0, 0.05) is 24.2 Å². The third-order valence-corrected chi connectivity index (χ3v) is 5.61. The van der Waals surface area contributed by atoms with Crippen LogP contribution in [0.15, 0.2) is 4.99 Å². The molecule has 1 aliphatic heterocycles. The van der Waals surface area contributed by atoms with Crippen molar-refractivity contribution in [1.82, 2.24) is 15.6 Å². The molecule has 0 spiro atoms. The second-order valence-corrected chi connectivity index (χ2v) is 7.44. The fourth-order valence-electron chi connectivity index (χ4n) is 2.11. The van der Waals surface area contributed by atoms with Gasteiger partial charge in [-0.2, -0.15) is 11.8 Å². The lowest BCUT2D eigenvalue weighted by Crippen LogP contribution is -2.47.